The van der Waals surface area contributed by atoms with E-state index in [-0.39, 0.29) is 22.8 Å². The number of amides is 1. The number of hydrogen-bond donors (Lipinski definition) is 3. The minimum atomic E-state index is -1.05. The quantitative estimate of drug-likeness (QED) is 0.680. The van der Waals surface area contributed by atoms with Gasteiger partial charge < -0.3 is 20.3 Å². The molecule has 1 aromatic carbocycles. The van der Waals surface area contributed by atoms with E-state index in [1.807, 2.05) is 0 Å². The first kappa shape index (κ1) is 13.3. The van der Waals surface area contributed by atoms with Gasteiger partial charge in [-0.2, -0.15) is 0 Å². The van der Waals surface area contributed by atoms with Crippen LogP contribution in [0.15, 0.2) is 34.4 Å². The normalized spacial score (nSPS) is 27.6. The van der Waals surface area contributed by atoms with Crippen molar-refractivity contribution in [1.82, 2.24) is 5.32 Å². The number of aliphatic hydroxyl groups excluding tert-OH is 1. The average Bonchev–Trinajstić information content (AvgIpc) is 3.19. The molecule has 3 rings (SSSR count). The molecule has 3 N–H and O–H groups in total. The topological polar surface area (TPSA) is 99.2 Å². The predicted molar refractivity (Wildman–Crippen MR) is 71.0 cm³/mol. The Morgan fingerprint density at radius 2 is 2.15 bits per heavy atom. The monoisotopic (exact) mass is 339 g/mol. The van der Waals surface area contributed by atoms with Crippen molar-refractivity contribution in [1.29, 1.82) is 0 Å². The van der Waals surface area contributed by atoms with Crippen LogP contribution in [0, 0.1) is 0 Å². The Morgan fingerprint density at radius 1 is 1.40 bits per heavy atom. The van der Waals surface area contributed by atoms with Gasteiger partial charge in [-0.25, -0.2) is 0 Å². The molecule has 1 aliphatic carbocycles. The Kier molecular flexibility index (Phi) is 3.12. The number of fused-ring (bicyclic) bond motifs is 1. The van der Waals surface area contributed by atoms with Gasteiger partial charge in [0, 0.05) is 10.5 Å². The van der Waals surface area contributed by atoms with E-state index in [9.17, 15) is 19.8 Å². The van der Waals surface area contributed by atoms with E-state index in [1.54, 1.807) is 6.07 Å². The summed E-state index contributed by atoms with van der Waals surface area (Å²) in [6.45, 7) is 0. The number of phenols is 1. The highest BCUT2D eigenvalue weighted by Crippen LogP contribution is 2.33. The summed E-state index contributed by atoms with van der Waals surface area (Å²) >= 11 is 3.20. The molecule has 0 aromatic heterocycles. The molecule has 3 atom stereocenters. The second kappa shape index (κ2) is 4.69. The van der Waals surface area contributed by atoms with Crippen molar-refractivity contribution in [2.24, 2.45) is 0 Å². The maximum absolute atomic E-state index is 12.1. The molecule has 7 heteroatoms. The first-order valence-corrected chi connectivity index (χ1v) is 6.65. The van der Waals surface area contributed by atoms with Crippen molar-refractivity contribution in [3.8, 4) is 5.75 Å². The van der Waals surface area contributed by atoms with Crippen LogP contribution in [-0.2, 0) is 9.53 Å². The molecule has 104 valence electrons. The summed E-state index contributed by atoms with van der Waals surface area (Å²) in [5, 5.41) is 22.0. The summed E-state index contributed by atoms with van der Waals surface area (Å²) in [4.78, 5) is 23.6. The summed E-state index contributed by atoms with van der Waals surface area (Å²) in [5.41, 5.74) is 0.122. The summed E-state index contributed by atoms with van der Waals surface area (Å²) in [7, 11) is 0. The molecule has 20 heavy (non-hydrogen) atoms. The number of halogens is 1. The van der Waals surface area contributed by atoms with Gasteiger partial charge >= 0.3 is 0 Å². The minimum absolute atomic E-state index is 0.0405. The zero-order valence-corrected chi connectivity index (χ0v) is 11.6. The third kappa shape index (κ3) is 2.24. The lowest BCUT2D eigenvalue weighted by atomic mass is 10.0. The number of benzene rings is 1. The van der Waals surface area contributed by atoms with Gasteiger partial charge in [-0.3, -0.25) is 9.59 Å². The second-order valence-electron chi connectivity index (χ2n) is 4.58. The molecule has 1 amide bonds. The lowest BCUT2D eigenvalue weighted by Gasteiger charge is -2.17. The number of epoxide rings is 1. The van der Waals surface area contributed by atoms with Crippen LogP contribution in [0.25, 0.3) is 0 Å². The Labute approximate surface area is 122 Å². The Hall–Kier alpha value is -1.70. The number of nitrogens with one attached hydrogen (secondary N) is 1. The van der Waals surface area contributed by atoms with E-state index in [0.29, 0.717) is 4.47 Å². The molecular formula is C13H10BrNO5. The van der Waals surface area contributed by atoms with Gasteiger partial charge in [-0.1, -0.05) is 15.9 Å². The zero-order valence-electron chi connectivity index (χ0n) is 10.0. The van der Waals surface area contributed by atoms with E-state index >= 15 is 0 Å². The van der Waals surface area contributed by atoms with Crippen LogP contribution < -0.4 is 5.32 Å². The van der Waals surface area contributed by atoms with Crippen molar-refractivity contribution in [3.63, 3.8) is 0 Å². The Balaban J connectivity index is 1.82. The number of ketones is 1. The lowest BCUT2D eigenvalue weighted by Crippen LogP contribution is -2.37. The van der Waals surface area contributed by atoms with Crippen molar-refractivity contribution in [2.45, 2.75) is 18.3 Å². The molecule has 1 saturated heterocycles. The van der Waals surface area contributed by atoms with Gasteiger partial charge in [-0.05, 0) is 18.2 Å². The number of aromatic hydroxyl groups is 1. The number of carbonyl (C=O) groups excluding carboxylic acids is 2. The molecule has 3 unspecified atom stereocenters. The predicted octanol–water partition coefficient (Wildman–Crippen LogP) is 0.479. The van der Waals surface area contributed by atoms with Crippen molar-refractivity contribution < 1.29 is 24.5 Å². The van der Waals surface area contributed by atoms with E-state index in [4.69, 9.17) is 4.74 Å². The number of rotatable bonds is 2. The van der Waals surface area contributed by atoms with Crippen LogP contribution >= 0.6 is 15.9 Å². The molecule has 2 aliphatic rings. The third-order valence-corrected chi connectivity index (χ3v) is 3.69. The average molecular weight is 340 g/mol. The fourth-order valence-electron chi connectivity index (χ4n) is 2.09. The molecule has 0 bridgehead atoms. The Bertz CT molecular complexity index is 642. The van der Waals surface area contributed by atoms with E-state index in [0.717, 1.165) is 6.08 Å². The van der Waals surface area contributed by atoms with Crippen LogP contribution in [0.3, 0.4) is 0 Å². The molecule has 0 radical (unpaired) electrons. The number of phenolic OH excluding ortho intramolecular Hbond substituents is 1. The molecular weight excluding hydrogens is 330 g/mol. The number of ether oxygens (including phenoxy) is 1. The fourth-order valence-corrected chi connectivity index (χ4v) is 2.45. The molecule has 1 fully saturated rings. The van der Waals surface area contributed by atoms with Crippen molar-refractivity contribution in [3.05, 3.63) is 40.0 Å². The van der Waals surface area contributed by atoms with Crippen molar-refractivity contribution in [2.75, 3.05) is 0 Å². The zero-order chi connectivity index (χ0) is 14.4. The van der Waals surface area contributed by atoms with Gasteiger partial charge in [0.05, 0.1) is 11.3 Å². The summed E-state index contributed by atoms with van der Waals surface area (Å²) in [6, 6.07) is 4.40. The summed E-state index contributed by atoms with van der Waals surface area (Å²) in [6.07, 6.45) is -1.06. The van der Waals surface area contributed by atoms with Crippen LogP contribution in [0.2, 0.25) is 0 Å². The van der Waals surface area contributed by atoms with Crippen LogP contribution in [0.4, 0.5) is 0 Å². The molecule has 1 aromatic rings. The van der Waals surface area contributed by atoms with E-state index in [1.165, 1.54) is 12.1 Å². The minimum Gasteiger partial charge on any atom is -0.507 e. The van der Waals surface area contributed by atoms with Gasteiger partial charge in [0.25, 0.3) is 5.91 Å². The van der Waals surface area contributed by atoms with E-state index in [2.05, 4.69) is 21.2 Å². The molecule has 0 spiro atoms. The Morgan fingerprint density at radius 3 is 2.90 bits per heavy atom. The summed E-state index contributed by atoms with van der Waals surface area (Å²) < 4.78 is 5.63. The molecule has 0 saturated carbocycles. The maximum Gasteiger partial charge on any atom is 0.259 e. The highest BCUT2D eigenvalue weighted by Gasteiger charge is 2.53. The standard InChI is InChI=1S/C13H10BrNO5/c14-5-1-2-8(16)6(3-5)13(19)15-7-4-9(17)11-12(20-11)10(7)18/h1-4,10-12,16,18H,(H,15,19). The van der Waals surface area contributed by atoms with Gasteiger partial charge in [0.15, 0.2) is 5.78 Å². The highest BCUT2D eigenvalue weighted by molar-refractivity contribution is 9.10. The number of carbonyl (C=O) groups is 2. The van der Waals surface area contributed by atoms with Crippen molar-refractivity contribution >= 4 is 27.6 Å². The molecule has 1 aliphatic heterocycles. The van der Waals surface area contributed by atoms with Crippen LogP contribution in [-0.4, -0.2) is 40.2 Å². The number of aliphatic hydroxyl groups is 1. The second-order valence-corrected chi connectivity index (χ2v) is 5.50. The van der Waals surface area contributed by atoms with Gasteiger partial charge in [0.2, 0.25) is 0 Å². The first-order valence-electron chi connectivity index (χ1n) is 5.86. The highest BCUT2D eigenvalue weighted by atomic mass is 79.9. The SMILES string of the molecule is O=C(NC1=CC(=O)C2OC2C1O)c1cc(Br)ccc1O. The smallest absolute Gasteiger partial charge is 0.259 e. The third-order valence-electron chi connectivity index (χ3n) is 3.19. The van der Waals surface area contributed by atoms with Crippen LogP contribution in [0.1, 0.15) is 10.4 Å². The number of hydrogen-bond acceptors (Lipinski definition) is 5. The van der Waals surface area contributed by atoms with Gasteiger partial charge in [0.1, 0.15) is 24.1 Å². The van der Waals surface area contributed by atoms with E-state index < -0.39 is 24.2 Å². The first-order chi connectivity index (χ1) is 9.47. The molecule has 1 heterocycles. The van der Waals surface area contributed by atoms with Crippen LogP contribution in [0.5, 0.6) is 5.75 Å². The molecule has 6 nitrogen and oxygen atoms in total. The summed E-state index contributed by atoms with van der Waals surface area (Å²) in [5.74, 6) is -1.08. The fraction of sp³-hybridized carbons (Fsp3) is 0.231. The largest absolute Gasteiger partial charge is 0.507 e. The lowest BCUT2D eigenvalue weighted by molar-refractivity contribution is -0.116. The van der Waals surface area contributed by atoms with Gasteiger partial charge in [-0.15, -0.1) is 0 Å². The maximum atomic E-state index is 12.1.